The lowest BCUT2D eigenvalue weighted by Crippen LogP contribution is -2.33. The van der Waals surface area contributed by atoms with E-state index in [0.717, 1.165) is 62.4 Å². The molecule has 4 N–H and O–H groups in total. The SMILES string of the molecule is CCc1cc(NC(=O)C(N=Nc2cc(C(=O)Nc3c(Cl)cccc3C(F)(F)F)ccc2Cl)C(C)=O)c(CC)cc1NC(=O)C(N=Nc1cc(C(=O)Nc2c(Cl)cccc2C(F)(F)F)ccc1Cl)C(C)=O. The number of hydrogen-bond donors (Lipinski definition) is 4. The standard InChI is InChI=1S/C46H36Cl4F6N8O6/c1-5-23-17-34(58-44(70)38(22(4)66)64-62-36-20-26(14-16-30(36)48)42(68)60-40-28(46(54,55)56)10-8-12-32(40)50)24(6-2)18-33(23)57-43(69)37(21(3)65)63-61-35-19-25(13-15-29(35)47)41(67)59-39-27(45(51,52)53)9-7-11-31(39)49/h7-20,37-38H,5-6H2,1-4H3,(H,57,69)(H,58,70)(H,59,67)(H,60,68). The summed E-state index contributed by atoms with van der Waals surface area (Å²) in [6.45, 7) is 5.57. The van der Waals surface area contributed by atoms with Crippen LogP contribution in [0.15, 0.2) is 105 Å². The number of halogens is 10. The number of rotatable bonds is 16. The third-order valence-electron chi connectivity index (χ3n) is 9.97. The molecule has 0 aliphatic rings. The first-order chi connectivity index (χ1) is 32.8. The second kappa shape index (κ2) is 22.8. The van der Waals surface area contributed by atoms with E-state index in [1.807, 2.05) is 0 Å². The van der Waals surface area contributed by atoms with Crippen molar-refractivity contribution in [3.8, 4) is 0 Å². The Hall–Kier alpha value is -6.74. The van der Waals surface area contributed by atoms with Gasteiger partial charge in [-0.15, -0.1) is 0 Å². The minimum atomic E-state index is -4.85. The van der Waals surface area contributed by atoms with Crippen LogP contribution in [0, 0.1) is 0 Å². The summed E-state index contributed by atoms with van der Waals surface area (Å²) < 4.78 is 81.8. The lowest BCUT2D eigenvalue weighted by molar-refractivity contribution is -0.137. The molecule has 5 aromatic carbocycles. The van der Waals surface area contributed by atoms with Gasteiger partial charge in [0.25, 0.3) is 23.6 Å². The quantitative estimate of drug-likeness (QED) is 0.0430. The molecule has 0 fully saturated rings. The molecule has 0 heterocycles. The summed E-state index contributed by atoms with van der Waals surface area (Å²) in [6.07, 6.45) is -9.19. The lowest BCUT2D eigenvalue weighted by Gasteiger charge is -2.18. The summed E-state index contributed by atoms with van der Waals surface area (Å²) in [7, 11) is 0. The van der Waals surface area contributed by atoms with Crippen molar-refractivity contribution in [1.82, 2.24) is 0 Å². The van der Waals surface area contributed by atoms with E-state index in [2.05, 4.69) is 41.7 Å². The van der Waals surface area contributed by atoms with Gasteiger partial charge in [-0.2, -0.15) is 46.8 Å². The van der Waals surface area contributed by atoms with Gasteiger partial charge in [0.05, 0.1) is 42.6 Å². The Labute approximate surface area is 414 Å². The van der Waals surface area contributed by atoms with Gasteiger partial charge in [-0.3, -0.25) is 28.8 Å². The number of aryl methyl sites for hydroxylation is 2. The highest BCUT2D eigenvalue weighted by Gasteiger charge is 2.36. The number of hydrogen-bond acceptors (Lipinski definition) is 10. The normalized spacial score (nSPS) is 12.7. The van der Waals surface area contributed by atoms with Gasteiger partial charge in [0.1, 0.15) is 11.4 Å². The number of carbonyl (C=O) groups excluding carboxylic acids is 6. The first-order valence-corrected chi connectivity index (χ1v) is 21.9. The number of azo groups is 2. The molecule has 0 bridgehead atoms. The van der Waals surface area contributed by atoms with Gasteiger partial charge >= 0.3 is 12.4 Å². The van der Waals surface area contributed by atoms with Gasteiger partial charge in [0.2, 0.25) is 12.1 Å². The van der Waals surface area contributed by atoms with Crippen LogP contribution in [0.25, 0.3) is 0 Å². The van der Waals surface area contributed by atoms with Crippen LogP contribution >= 0.6 is 46.4 Å². The van der Waals surface area contributed by atoms with Gasteiger partial charge in [-0.25, -0.2) is 0 Å². The molecule has 14 nitrogen and oxygen atoms in total. The molecular formula is C46H36Cl4F6N8O6. The second-order valence-electron chi connectivity index (χ2n) is 14.9. The molecule has 0 saturated carbocycles. The maximum atomic E-state index is 13.6. The van der Waals surface area contributed by atoms with E-state index in [0.29, 0.717) is 11.1 Å². The molecule has 5 rings (SSSR count). The van der Waals surface area contributed by atoms with Crippen molar-refractivity contribution in [2.75, 3.05) is 21.3 Å². The average Bonchev–Trinajstić information content (AvgIpc) is 3.28. The Morgan fingerprint density at radius 2 is 0.871 bits per heavy atom. The zero-order valence-corrected chi connectivity index (χ0v) is 39.7. The number of anilines is 4. The van der Waals surface area contributed by atoms with Crippen molar-refractivity contribution in [3.63, 3.8) is 0 Å². The molecule has 70 heavy (non-hydrogen) atoms. The van der Waals surface area contributed by atoms with Gasteiger partial charge in [-0.05, 0) is 111 Å². The monoisotopic (exact) mass is 1050 g/mol. The van der Waals surface area contributed by atoms with E-state index in [1.165, 1.54) is 36.4 Å². The molecule has 0 aliphatic carbocycles. The summed E-state index contributed by atoms with van der Waals surface area (Å²) in [4.78, 5) is 78.8. The van der Waals surface area contributed by atoms with Crippen LogP contribution in [-0.4, -0.2) is 47.3 Å². The fourth-order valence-corrected chi connectivity index (χ4v) is 7.15. The Morgan fingerprint density at radius 3 is 1.19 bits per heavy atom. The number of amides is 4. The number of ketones is 2. The maximum absolute atomic E-state index is 13.6. The van der Waals surface area contributed by atoms with Crippen molar-refractivity contribution >= 4 is 116 Å². The lowest BCUT2D eigenvalue weighted by atomic mass is 10.0. The predicted molar refractivity (Wildman–Crippen MR) is 252 cm³/mol. The highest BCUT2D eigenvalue weighted by atomic mass is 35.5. The molecule has 366 valence electrons. The third-order valence-corrected chi connectivity index (χ3v) is 11.2. The van der Waals surface area contributed by atoms with Crippen molar-refractivity contribution in [2.24, 2.45) is 20.5 Å². The summed E-state index contributed by atoms with van der Waals surface area (Å²) in [6, 6.07) is 12.4. The summed E-state index contributed by atoms with van der Waals surface area (Å²) in [5, 5.41) is 24.2. The predicted octanol–water partition coefficient (Wildman–Crippen LogP) is 13.3. The van der Waals surface area contributed by atoms with Gasteiger partial charge in [0, 0.05) is 22.5 Å². The molecule has 24 heteroatoms. The summed E-state index contributed by atoms with van der Waals surface area (Å²) >= 11 is 24.5. The van der Waals surface area contributed by atoms with Crippen LogP contribution in [-0.2, 0) is 44.4 Å². The molecule has 5 aromatic rings. The fourth-order valence-electron chi connectivity index (χ4n) is 6.39. The van der Waals surface area contributed by atoms with Gasteiger partial charge in [0.15, 0.2) is 11.6 Å². The summed E-state index contributed by atoms with van der Waals surface area (Å²) in [5.74, 6) is -5.45. The topological polar surface area (TPSA) is 200 Å². The number of benzene rings is 5. The molecule has 2 atom stereocenters. The first kappa shape index (κ1) is 54.2. The first-order valence-electron chi connectivity index (χ1n) is 20.4. The van der Waals surface area contributed by atoms with Crippen molar-refractivity contribution < 1.29 is 55.1 Å². The number of Topliss-reactive ketones (excluding diaryl/α,β-unsaturated/α-hetero) is 2. The minimum Gasteiger partial charge on any atom is -0.323 e. The van der Waals surface area contributed by atoms with E-state index in [4.69, 9.17) is 46.4 Å². The number of nitrogens with one attached hydrogen (secondary N) is 4. The number of carbonyl (C=O) groups is 6. The van der Waals surface area contributed by atoms with Crippen LogP contribution < -0.4 is 21.3 Å². The number of nitrogens with zero attached hydrogens (tertiary/aromatic N) is 4. The van der Waals surface area contributed by atoms with E-state index < -0.39 is 82.1 Å². The van der Waals surface area contributed by atoms with Crippen molar-refractivity contribution in [3.05, 3.63) is 138 Å². The van der Waals surface area contributed by atoms with Crippen LogP contribution in [0.5, 0.6) is 0 Å². The van der Waals surface area contributed by atoms with Crippen LogP contribution in [0.1, 0.15) is 70.7 Å². The number of para-hydroxylation sites is 2. The zero-order chi connectivity index (χ0) is 51.8. The molecular weight excluding hydrogens is 1020 g/mol. The second-order valence-corrected chi connectivity index (χ2v) is 16.5. The molecule has 0 aromatic heterocycles. The largest absolute Gasteiger partial charge is 0.418 e. The Morgan fingerprint density at radius 1 is 0.514 bits per heavy atom. The molecule has 0 radical (unpaired) electrons. The van der Waals surface area contributed by atoms with Gasteiger partial charge in [-0.1, -0.05) is 72.4 Å². The highest BCUT2D eigenvalue weighted by molar-refractivity contribution is 6.35. The van der Waals surface area contributed by atoms with E-state index in [-0.39, 0.29) is 66.8 Å². The highest BCUT2D eigenvalue weighted by Crippen LogP contribution is 2.41. The van der Waals surface area contributed by atoms with Crippen molar-refractivity contribution in [2.45, 2.75) is 65.0 Å². The fraction of sp³-hybridized carbons (Fsp3) is 0.217. The van der Waals surface area contributed by atoms with Crippen LogP contribution in [0.3, 0.4) is 0 Å². The molecule has 0 saturated heterocycles. The van der Waals surface area contributed by atoms with Crippen LogP contribution in [0.4, 0.5) is 60.5 Å². The van der Waals surface area contributed by atoms with Crippen LogP contribution in [0.2, 0.25) is 20.1 Å². The maximum Gasteiger partial charge on any atom is 0.418 e. The molecule has 2 unspecified atom stereocenters. The minimum absolute atomic E-state index is 0.0926. The smallest absolute Gasteiger partial charge is 0.323 e. The Bertz CT molecular complexity index is 2770. The average molecular weight is 1050 g/mol. The van der Waals surface area contributed by atoms with E-state index in [1.54, 1.807) is 13.8 Å². The zero-order valence-electron chi connectivity index (χ0n) is 36.7. The number of alkyl halides is 6. The molecule has 0 aliphatic heterocycles. The molecule has 0 spiro atoms. The Kier molecular flexibility index (Phi) is 17.6. The van der Waals surface area contributed by atoms with E-state index in [9.17, 15) is 55.1 Å². The van der Waals surface area contributed by atoms with E-state index >= 15 is 0 Å². The van der Waals surface area contributed by atoms with Gasteiger partial charge < -0.3 is 21.3 Å². The van der Waals surface area contributed by atoms with Crippen molar-refractivity contribution in [1.29, 1.82) is 0 Å². The molecule has 4 amide bonds. The third kappa shape index (κ3) is 13.3. The summed E-state index contributed by atoms with van der Waals surface area (Å²) in [5.41, 5.74) is -3.32. The Balaban J connectivity index is 1.33.